The topological polar surface area (TPSA) is 93.5 Å². The molecule has 0 unspecified atom stereocenters. The SMILES string of the molecule is CNCCc1c[nH]c2cccc(Nc3nccc(NCc4ccc5[nH]ccc5c4)n3)c12. The highest BCUT2D eigenvalue weighted by molar-refractivity contribution is 5.96. The van der Waals surface area contributed by atoms with Gasteiger partial charge < -0.3 is 25.9 Å². The maximum absolute atomic E-state index is 4.66. The lowest BCUT2D eigenvalue weighted by molar-refractivity contribution is 0.795. The number of aromatic amines is 2. The third kappa shape index (κ3) is 4.08. The summed E-state index contributed by atoms with van der Waals surface area (Å²) in [6, 6.07) is 16.5. The highest BCUT2D eigenvalue weighted by Gasteiger charge is 2.10. The van der Waals surface area contributed by atoms with Gasteiger partial charge in [-0.2, -0.15) is 4.98 Å². The van der Waals surface area contributed by atoms with Crippen molar-refractivity contribution in [3.05, 3.63) is 78.2 Å². The quantitative estimate of drug-likeness (QED) is 0.258. The molecule has 5 N–H and O–H groups in total. The van der Waals surface area contributed by atoms with Crippen LogP contribution in [0.15, 0.2) is 67.1 Å². The normalized spacial score (nSPS) is 11.3. The molecule has 0 aliphatic rings. The van der Waals surface area contributed by atoms with Crippen molar-refractivity contribution in [3.8, 4) is 0 Å². The maximum atomic E-state index is 4.66. The minimum Gasteiger partial charge on any atom is -0.366 e. The van der Waals surface area contributed by atoms with Gasteiger partial charge in [-0.3, -0.25) is 0 Å². The lowest BCUT2D eigenvalue weighted by Gasteiger charge is -2.10. The predicted molar refractivity (Wildman–Crippen MR) is 127 cm³/mol. The molecule has 31 heavy (non-hydrogen) atoms. The standard InChI is InChI=1S/C24H25N7/c1-25-10-7-18-15-28-20-3-2-4-21(23(18)20)30-24-27-12-9-22(31-24)29-14-16-5-6-19-17(13-16)8-11-26-19/h2-6,8-9,11-13,15,25-26,28H,7,10,14H2,1H3,(H2,27,29,30,31). The number of hydrogen-bond donors (Lipinski definition) is 5. The van der Waals surface area contributed by atoms with Crippen molar-refractivity contribution in [2.75, 3.05) is 24.2 Å². The van der Waals surface area contributed by atoms with Crippen molar-refractivity contribution in [1.82, 2.24) is 25.3 Å². The molecule has 156 valence electrons. The zero-order valence-corrected chi connectivity index (χ0v) is 17.4. The van der Waals surface area contributed by atoms with Crippen molar-refractivity contribution in [2.45, 2.75) is 13.0 Å². The van der Waals surface area contributed by atoms with Crippen LogP contribution < -0.4 is 16.0 Å². The number of likely N-dealkylation sites (N-methyl/N-ethyl adjacent to an activating group) is 1. The zero-order valence-electron chi connectivity index (χ0n) is 17.4. The number of hydrogen-bond acceptors (Lipinski definition) is 5. The Morgan fingerprint density at radius 1 is 1.00 bits per heavy atom. The van der Waals surface area contributed by atoms with Crippen LogP contribution in [0.2, 0.25) is 0 Å². The molecular weight excluding hydrogens is 386 g/mol. The van der Waals surface area contributed by atoms with Crippen LogP contribution in [-0.4, -0.2) is 33.5 Å². The Hall–Kier alpha value is -3.84. The maximum Gasteiger partial charge on any atom is 0.229 e. The van der Waals surface area contributed by atoms with Gasteiger partial charge in [-0.15, -0.1) is 0 Å². The second-order valence-corrected chi connectivity index (χ2v) is 7.54. The summed E-state index contributed by atoms with van der Waals surface area (Å²) in [6.45, 7) is 1.62. The van der Waals surface area contributed by atoms with Crippen molar-refractivity contribution in [2.24, 2.45) is 0 Å². The smallest absolute Gasteiger partial charge is 0.229 e. The van der Waals surface area contributed by atoms with E-state index in [4.69, 9.17) is 0 Å². The number of fused-ring (bicyclic) bond motifs is 2. The van der Waals surface area contributed by atoms with E-state index in [0.29, 0.717) is 12.5 Å². The fourth-order valence-electron chi connectivity index (χ4n) is 3.86. The molecule has 0 bridgehead atoms. The van der Waals surface area contributed by atoms with Crippen LogP contribution in [0.4, 0.5) is 17.5 Å². The van der Waals surface area contributed by atoms with E-state index in [9.17, 15) is 0 Å². The molecule has 2 aromatic carbocycles. The molecule has 3 aromatic heterocycles. The molecule has 0 saturated carbocycles. The van der Waals surface area contributed by atoms with Crippen LogP contribution in [0.5, 0.6) is 0 Å². The molecular formula is C24H25N7. The number of rotatable bonds is 8. The summed E-state index contributed by atoms with van der Waals surface area (Å²) in [7, 11) is 1.97. The summed E-state index contributed by atoms with van der Waals surface area (Å²) < 4.78 is 0. The summed E-state index contributed by atoms with van der Waals surface area (Å²) in [5, 5.41) is 12.4. The van der Waals surface area contributed by atoms with Crippen molar-refractivity contribution in [3.63, 3.8) is 0 Å². The van der Waals surface area contributed by atoms with Gasteiger partial charge in [-0.25, -0.2) is 4.98 Å². The van der Waals surface area contributed by atoms with E-state index in [0.717, 1.165) is 35.5 Å². The molecule has 0 atom stereocenters. The average Bonchev–Trinajstić information content (AvgIpc) is 3.43. The van der Waals surface area contributed by atoms with Gasteiger partial charge in [0.1, 0.15) is 5.82 Å². The lowest BCUT2D eigenvalue weighted by atomic mass is 10.1. The van der Waals surface area contributed by atoms with Gasteiger partial charge in [-0.05, 0) is 72.9 Å². The minimum atomic E-state index is 0.569. The third-order valence-corrected chi connectivity index (χ3v) is 5.43. The Kier molecular flexibility index (Phi) is 5.24. The lowest BCUT2D eigenvalue weighted by Crippen LogP contribution is -2.10. The average molecular weight is 412 g/mol. The first-order chi connectivity index (χ1) is 15.3. The fraction of sp³-hybridized carbons (Fsp3) is 0.167. The van der Waals surface area contributed by atoms with E-state index in [2.05, 4.69) is 78.5 Å². The second kappa shape index (κ2) is 8.49. The number of nitrogens with one attached hydrogen (secondary N) is 5. The summed E-state index contributed by atoms with van der Waals surface area (Å²) in [6.07, 6.45) is 6.75. The van der Waals surface area contributed by atoms with E-state index in [1.165, 1.54) is 21.9 Å². The Labute approximate surface area is 180 Å². The molecule has 0 aliphatic heterocycles. The van der Waals surface area contributed by atoms with Crippen molar-refractivity contribution in [1.29, 1.82) is 0 Å². The second-order valence-electron chi connectivity index (χ2n) is 7.54. The van der Waals surface area contributed by atoms with Crippen LogP contribution in [0, 0.1) is 0 Å². The molecule has 7 nitrogen and oxygen atoms in total. The van der Waals surface area contributed by atoms with Gasteiger partial charge in [0.2, 0.25) is 5.95 Å². The van der Waals surface area contributed by atoms with Gasteiger partial charge in [0.25, 0.3) is 0 Å². The molecule has 0 spiro atoms. The van der Waals surface area contributed by atoms with Crippen molar-refractivity contribution >= 4 is 39.3 Å². The number of nitrogens with zero attached hydrogens (tertiary/aromatic N) is 2. The number of benzene rings is 2. The largest absolute Gasteiger partial charge is 0.366 e. The number of aromatic nitrogens is 4. The van der Waals surface area contributed by atoms with E-state index < -0.39 is 0 Å². The van der Waals surface area contributed by atoms with E-state index >= 15 is 0 Å². The highest BCUT2D eigenvalue weighted by Crippen LogP contribution is 2.29. The Morgan fingerprint density at radius 3 is 2.90 bits per heavy atom. The van der Waals surface area contributed by atoms with Gasteiger partial charge in [0.15, 0.2) is 0 Å². The summed E-state index contributed by atoms with van der Waals surface area (Å²) in [5.41, 5.74) is 5.71. The van der Waals surface area contributed by atoms with Gasteiger partial charge >= 0.3 is 0 Å². The highest BCUT2D eigenvalue weighted by atomic mass is 15.1. The van der Waals surface area contributed by atoms with E-state index in [1.54, 1.807) is 6.20 Å². The van der Waals surface area contributed by atoms with Crippen LogP contribution in [0.25, 0.3) is 21.8 Å². The number of anilines is 3. The number of H-pyrrole nitrogens is 2. The Bertz CT molecular complexity index is 1320. The van der Waals surface area contributed by atoms with E-state index in [-0.39, 0.29) is 0 Å². The first kappa shape index (κ1) is 19.1. The van der Waals surface area contributed by atoms with Gasteiger partial charge in [0, 0.05) is 41.6 Å². The molecule has 0 radical (unpaired) electrons. The van der Waals surface area contributed by atoms with Crippen LogP contribution >= 0.6 is 0 Å². The van der Waals surface area contributed by atoms with Crippen LogP contribution in [0.3, 0.4) is 0 Å². The summed E-state index contributed by atoms with van der Waals surface area (Å²) in [5.74, 6) is 1.35. The van der Waals surface area contributed by atoms with Gasteiger partial charge in [-0.1, -0.05) is 12.1 Å². The zero-order chi connectivity index (χ0) is 21.0. The van der Waals surface area contributed by atoms with Crippen LogP contribution in [0.1, 0.15) is 11.1 Å². The first-order valence-corrected chi connectivity index (χ1v) is 10.4. The molecule has 5 rings (SSSR count). The molecule has 0 fully saturated rings. The molecule has 5 aromatic rings. The molecule has 7 heteroatoms. The minimum absolute atomic E-state index is 0.569. The van der Waals surface area contributed by atoms with Crippen molar-refractivity contribution < 1.29 is 0 Å². The third-order valence-electron chi connectivity index (χ3n) is 5.43. The predicted octanol–water partition coefficient (Wildman–Crippen LogP) is 4.56. The van der Waals surface area contributed by atoms with Gasteiger partial charge in [0.05, 0.1) is 5.69 Å². The molecule has 0 saturated heterocycles. The molecule has 3 heterocycles. The monoisotopic (exact) mass is 411 g/mol. The fourth-order valence-corrected chi connectivity index (χ4v) is 3.86. The Morgan fingerprint density at radius 2 is 1.97 bits per heavy atom. The Balaban J connectivity index is 1.34. The summed E-state index contributed by atoms with van der Waals surface area (Å²) >= 11 is 0. The molecule has 0 amide bonds. The van der Waals surface area contributed by atoms with Crippen LogP contribution in [-0.2, 0) is 13.0 Å². The summed E-state index contributed by atoms with van der Waals surface area (Å²) in [4.78, 5) is 15.7. The van der Waals surface area contributed by atoms with E-state index in [1.807, 2.05) is 25.4 Å². The first-order valence-electron chi connectivity index (χ1n) is 10.4. The molecule has 0 aliphatic carbocycles.